The van der Waals surface area contributed by atoms with Crippen LogP contribution in [0, 0.1) is 11.8 Å². The molecule has 1 rings (SSSR count). The normalized spacial score (nSPS) is 23.1. The molecule has 7 heteroatoms. The van der Waals surface area contributed by atoms with Gasteiger partial charge in [0.25, 0.3) is 0 Å². The van der Waals surface area contributed by atoms with Crippen LogP contribution < -0.4 is 16.4 Å². The third kappa shape index (κ3) is 4.88. The minimum absolute atomic E-state index is 0.0161. The van der Waals surface area contributed by atoms with Gasteiger partial charge in [0.05, 0.1) is 12.6 Å². The fourth-order valence-corrected chi connectivity index (χ4v) is 3.28. The second-order valence-corrected chi connectivity index (χ2v) is 6.99. The first kappa shape index (κ1) is 17.1. The van der Waals surface area contributed by atoms with Crippen molar-refractivity contribution in [1.82, 2.24) is 10.6 Å². The monoisotopic (exact) mass is 301 g/mol. The van der Waals surface area contributed by atoms with Gasteiger partial charge >= 0.3 is 0 Å². The number of aliphatic hydroxyl groups excluding tert-OH is 1. The third-order valence-electron chi connectivity index (χ3n) is 3.87. The zero-order chi connectivity index (χ0) is 15.1. The maximum absolute atomic E-state index is 12.2. The molecule has 0 spiro atoms. The molecule has 0 bridgehead atoms. The molecule has 20 heavy (non-hydrogen) atoms. The molecule has 1 fully saturated rings. The van der Waals surface area contributed by atoms with Crippen molar-refractivity contribution in [3.63, 3.8) is 0 Å². The van der Waals surface area contributed by atoms with Gasteiger partial charge < -0.3 is 21.5 Å². The molecule has 4 atom stereocenters. The third-order valence-corrected chi connectivity index (χ3v) is 4.67. The molecule has 116 valence electrons. The molecule has 1 heterocycles. The Kier molecular flexibility index (Phi) is 7.18. The van der Waals surface area contributed by atoms with Crippen LogP contribution in [0.3, 0.4) is 0 Å². The van der Waals surface area contributed by atoms with Gasteiger partial charge in [-0.05, 0) is 24.9 Å². The summed E-state index contributed by atoms with van der Waals surface area (Å²) in [5.41, 5.74) is 5.82. The van der Waals surface area contributed by atoms with Crippen LogP contribution in [0.5, 0.6) is 0 Å². The van der Waals surface area contributed by atoms with Gasteiger partial charge in [-0.3, -0.25) is 9.59 Å². The van der Waals surface area contributed by atoms with E-state index < -0.39 is 0 Å². The van der Waals surface area contributed by atoms with Crippen molar-refractivity contribution in [2.45, 2.75) is 44.3 Å². The van der Waals surface area contributed by atoms with Crippen LogP contribution in [-0.2, 0) is 9.59 Å². The number of carbonyl (C=O) groups excluding carboxylic acids is 2. The first-order valence-corrected chi connectivity index (χ1v) is 8.59. The first-order chi connectivity index (χ1) is 9.49. The van der Waals surface area contributed by atoms with Crippen LogP contribution in [-0.4, -0.2) is 52.0 Å². The number of aliphatic hydroxyl groups is 1. The maximum atomic E-state index is 12.2. The molecule has 1 saturated heterocycles. The molecule has 2 amide bonds. The number of hydrogen-bond donors (Lipinski definition) is 4. The number of hydrogen-bond acceptors (Lipinski definition) is 4. The number of nitrogens with two attached hydrogens (primary N) is 1. The number of amides is 2. The molecule has 5 N–H and O–H groups in total. The van der Waals surface area contributed by atoms with Gasteiger partial charge in [-0.1, -0.05) is 13.3 Å². The molecule has 0 aliphatic carbocycles. The van der Waals surface area contributed by atoms with Crippen LogP contribution in [0.4, 0.5) is 0 Å². The Bertz CT molecular complexity index is 339. The Balaban J connectivity index is 2.53. The SMILES string of the molecule is CCC[C@@H](C(=O)N[C@H](CO)C[C@@H]1CCNC1=O)C(N)[SiH3]. The highest BCUT2D eigenvalue weighted by molar-refractivity contribution is 6.13. The molecule has 6 nitrogen and oxygen atoms in total. The van der Waals surface area contributed by atoms with Crippen LogP contribution in [0.15, 0.2) is 0 Å². The summed E-state index contributed by atoms with van der Waals surface area (Å²) in [5, 5.41) is 15.0. The summed E-state index contributed by atoms with van der Waals surface area (Å²) in [4.78, 5) is 23.8. The summed E-state index contributed by atoms with van der Waals surface area (Å²) in [7, 11) is 0.762. The molecular weight excluding hydrogens is 274 g/mol. The Morgan fingerprint density at radius 1 is 1.65 bits per heavy atom. The van der Waals surface area contributed by atoms with E-state index in [0.29, 0.717) is 13.0 Å². The van der Waals surface area contributed by atoms with E-state index in [4.69, 9.17) is 5.73 Å². The fraction of sp³-hybridized carbons (Fsp3) is 0.846. The summed E-state index contributed by atoms with van der Waals surface area (Å²) in [6, 6.07) is -0.365. The van der Waals surface area contributed by atoms with Crippen molar-refractivity contribution in [2.24, 2.45) is 17.6 Å². The molecule has 1 unspecified atom stereocenters. The zero-order valence-corrected chi connectivity index (χ0v) is 14.4. The lowest BCUT2D eigenvalue weighted by Gasteiger charge is -2.24. The lowest BCUT2D eigenvalue weighted by atomic mass is 9.97. The average Bonchev–Trinajstić information content (AvgIpc) is 2.80. The minimum atomic E-state index is -0.365. The number of nitrogens with one attached hydrogen (secondary N) is 2. The van der Waals surface area contributed by atoms with Crippen molar-refractivity contribution < 1.29 is 14.7 Å². The predicted octanol–water partition coefficient (Wildman–Crippen LogP) is -1.94. The van der Waals surface area contributed by atoms with E-state index in [-0.39, 0.29) is 42.0 Å². The van der Waals surface area contributed by atoms with Gasteiger partial charge in [-0.2, -0.15) is 0 Å². The highest BCUT2D eigenvalue weighted by Gasteiger charge is 2.29. The molecule has 0 saturated carbocycles. The van der Waals surface area contributed by atoms with Crippen LogP contribution in [0.2, 0.25) is 0 Å². The smallest absolute Gasteiger partial charge is 0.224 e. The zero-order valence-electron chi connectivity index (χ0n) is 12.4. The molecule has 0 aromatic rings. The largest absolute Gasteiger partial charge is 0.394 e. The maximum Gasteiger partial charge on any atom is 0.224 e. The van der Waals surface area contributed by atoms with Gasteiger partial charge in [0.1, 0.15) is 0 Å². The van der Waals surface area contributed by atoms with E-state index in [9.17, 15) is 14.7 Å². The molecule has 1 aliphatic heterocycles. The lowest BCUT2D eigenvalue weighted by Crippen LogP contribution is -2.47. The van der Waals surface area contributed by atoms with Gasteiger partial charge in [0, 0.05) is 28.6 Å². The summed E-state index contributed by atoms with van der Waals surface area (Å²) in [5.74, 6) is -0.367. The minimum Gasteiger partial charge on any atom is -0.394 e. The first-order valence-electron chi connectivity index (χ1n) is 7.44. The molecule has 0 radical (unpaired) electrons. The second-order valence-electron chi connectivity index (χ2n) is 5.65. The summed E-state index contributed by atoms with van der Waals surface area (Å²) >= 11 is 0. The van der Waals surface area contributed by atoms with E-state index in [0.717, 1.165) is 29.5 Å². The summed E-state index contributed by atoms with van der Waals surface area (Å²) in [6.07, 6.45) is 2.93. The Labute approximate surface area is 123 Å². The molecular formula is C13H27N3O3Si. The van der Waals surface area contributed by atoms with Gasteiger partial charge in [0.15, 0.2) is 0 Å². The lowest BCUT2D eigenvalue weighted by molar-refractivity contribution is -0.127. The van der Waals surface area contributed by atoms with E-state index >= 15 is 0 Å². The van der Waals surface area contributed by atoms with E-state index in [1.165, 1.54) is 0 Å². The average molecular weight is 301 g/mol. The standard InChI is InChI=1S/C13H27N3O3Si/c1-2-3-10(11(14)20)13(19)16-9(7-17)6-8-4-5-15-12(8)18/h8-11,17H,2-7,14H2,1,20H3,(H,15,18)(H,16,19)/t8-,9-,10+,11?/m0/s1. The van der Waals surface area contributed by atoms with E-state index in [1.807, 2.05) is 6.92 Å². The predicted molar refractivity (Wildman–Crippen MR) is 81.1 cm³/mol. The van der Waals surface area contributed by atoms with Crippen molar-refractivity contribution in [2.75, 3.05) is 13.2 Å². The van der Waals surface area contributed by atoms with Crippen LogP contribution in [0.1, 0.15) is 32.6 Å². The second kappa shape index (κ2) is 8.38. The molecule has 1 aliphatic rings. The van der Waals surface area contributed by atoms with Crippen LogP contribution in [0.25, 0.3) is 0 Å². The van der Waals surface area contributed by atoms with Crippen molar-refractivity contribution >= 4 is 22.1 Å². The quantitative estimate of drug-likeness (QED) is 0.391. The summed E-state index contributed by atoms with van der Waals surface area (Å²) < 4.78 is 0. The Morgan fingerprint density at radius 3 is 2.80 bits per heavy atom. The van der Waals surface area contributed by atoms with Crippen molar-refractivity contribution in [3.8, 4) is 0 Å². The topological polar surface area (TPSA) is 104 Å². The number of carbonyl (C=O) groups is 2. The highest BCUT2D eigenvalue weighted by Crippen LogP contribution is 2.17. The van der Waals surface area contributed by atoms with E-state index in [1.54, 1.807) is 0 Å². The van der Waals surface area contributed by atoms with Crippen LogP contribution >= 0.6 is 0 Å². The van der Waals surface area contributed by atoms with Crippen molar-refractivity contribution in [1.29, 1.82) is 0 Å². The fourth-order valence-electron chi connectivity index (χ4n) is 2.64. The molecule has 0 aromatic heterocycles. The Morgan fingerprint density at radius 2 is 2.35 bits per heavy atom. The van der Waals surface area contributed by atoms with Gasteiger partial charge in [-0.25, -0.2) is 0 Å². The van der Waals surface area contributed by atoms with Gasteiger partial charge in [0.2, 0.25) is 11.8 Å². The summed E-state index contributed by atoms with van der Waals surface area (Å²) in [6.45, 7) is 2.56. The molecule has 0 aromatic carbocycles. The van der Waals surface area contributed by atoms with Gasteiger partial charge in [-0.15, -0.1) is 0 Å². The Hall–Kier alpha value is -0.923. The van der Waals surface area contributed by atoms with E-state index in [2.05, 4.69) is 10.6 Å². The highest BCUT2D eigenvalue weighted by atomic mass is 28.1. The number of rotatable bonds is 8. The van der Waals surface area contributed by atoms with Crippen molar-refractivity contribution in [3.05, 3.63) is 0 Å².